The van der Waals surface area contributed by atoms with E-state index in [-0.39, 0.29) is 5.97 Å². The van der Waals surface area contributed by atoms with E-state index < -0.39 is 5.41 Å². The van der Waals surface area contributed by atoms with Crippen LogP contribution in [0, 0.1) is 0 Å². The van der Waals surface area contributed by atoms with Gasteiger partial charge < -0.3 is 15.5 Å². The van der Waals surface area contributed by atoms with Gasteiger partial charge in [0.25, 0.3) is 0 Å². The van der Waals surface area contributed by atoms with Crippen molar-refractivity contribution in [1.29, 1.82) is 0 Å². The van der Waals surface area contributed by atoms with E-state index in [1.54, 1.807) is 6.92 Å². The van der Waals surface area contributed by atoms with Crippen LogP contribution in [-0.4, -0.2) is 32.5 Å². The van der Waals surface area contributed by atoms with E-state index in [1.165, 1.54) is 6.33 Å². The summed E-state index contributed by atoms with van der Waals surface area (Å²) in [6, 6.07) is 0. The Morgan fingerprint density at radius 1 is 1.56 bits per heavy atom. The number of esters is 1. The van der Waals surface area contributed by atoms with E-state index in [0.717, 1.165) is 12.8 Å². The molecule has 0 unspecified atom stereocenters. The number of imidazole rings is 1. The molecule has 0 amide bonds. The van der Waals surface area contributed by atoms with Crippen LogP contribution in [0.4, 0.5) is 5.82 Å². The van der Waals surface area contributed by atoms with Gasteiger partial charge in [-0.05, 0) is 19.8 Å². The third kappa shape index (κ3) is 1.43. The van der Waals surface area contributed by atoms with Crippen molar-refractivity contribution in [3.05, 3.63) is 12.2 Å². The van der Waals surface area contributed by atoms with Gasteiger partial charge in [0.2, 0.25) is 0 Å². The molecule has 2 aromatic rings. The van der Waals surface area contributed by atoms with Gasteiger partial charge in [0.05, 0.1) is 6.61 Å². The molecule has 0 radical (unpaired) electrons. The third-order valence-electron chi connectivity index (χ3n) is 3.19. The Labute approximate surface area is 103 Å². The topological polar surface area (TPSA) is 107 Å². The summed E-state index contributed by atoms with van der Waals surface area (Å²) in [5, 5.41) is 0. The molecule has 1 saturated carbocycles. The molecule has 94 valence electrons. The van der Waals surface area contributed by atoms with Crippen LogP contribution in [0.25, 0.3) is 11.2 Å². The fraction of sp³-hybridized carbons (Fsp3) is 0.455. The van der Waals surface area contributed by atoms with Gasteiger partial charge in [-0.1, -0.05) is 0 Å². The van der Waals surface area contributed by atoms with Crippen LogP contribution in [-0.2, 0) is 14.9 Å². The van der Waals surface area contributed by atoms with Crippen molar-refractivity contribution in [2.75, 3.05) is 12.3 Å². The number of hydrogen-bond acceptors (Lipinski definition) is 6. The minimum absolute atomic E-state index is 0.240. The van der Waals surface area contributed by atoms with Gasteiger partial charge in [0.15, 0.2) is 11.5 Å². The van der Waals surface area contributed by atoms with Gasteiger partial charge in [-0.25, -0.2) is 15.0 Å². The Bertz CT molecular complexity index is 617. The Hall–Kier alpha value is -2.18. The zero-order chi connectivity index (χ0) is 12.8. The van der Waals surface area contributed by atoms with E-state index in [9.17, 15) is 4.79 Å². The Morgan fingerprint density at radius 3 is 2.94 bits per heavy atom. The molecule has 0 atom stereocenters. The lowest BCUT2D eigenvalue weighted by atomic mass is 10.1. The highest BCUT2D eigenvalue weighted by Gasteiger charge is 2.55. The lowest BCUT2D eigenvalue weighted by molar-refractivity contribution is -0.146. The average molecular weight is 247 g/mol. The predicted octanol–water partition coefficient (Wildman–Crippen LogP) is 0.530. The molecule has 1 aliphatic carbocycles. The van der Waals surface area contributed by atoms with E-state index in [1.807, 2.05) is 0 Å². The highest BCUT2D eigenvalue weighted by atomic mass is 16.5. The van der Waals surface area contributed by atoms with Crippen LogP contribution < -0.4 is 5.73 Å². The molecular formula is C11H13N5O2. The molecule has 2 aromatic heterocycles. The second-order valence-corrected chi connectivity index (χ2v) is 4.35. The lowest BCUT2D eigenvalue weighted by Crippen LogP contribution is -2.24. The van der Waals surface area contributed by atoms with Crippen LogP contribution >= 0.6 is 0 Å². The van der Waals surface area contributed by atoms with E-state index in [4.69, 9.17) is 10.5 Å². The number of nitrogen functional groups attached to an aromatic ring is 1. The predicted molar refractivity (Wildman–Crippen MR) is 63.6 cm³/mol. The summed E-state index contributed by atoms with van der Waals surface area (Å²) in [5.41, 5.74) is 6.15. The van der Waals surface area contributed by atoms with Crippen LogP contribution in [0.15, 0.2) is 6.33 Å². The molecule has 2 heterocycles. The molecule has 18 heavy (non-hydrogen) atoms. The molecule has 0 aromatic carbocycles. The minimum Gasteiger partial charge on any atom is -0.465 e. The second-order valence-electron chi connectivity index (χ2n) is 4.35. The molecule has 0 aliphatic heterocycles. The number of nitrogens with zero attached hydrogens (tertiary/aromatic N) is 3. The minimum atomic E-state index is -0.636. The number of rotatable bonds is 3. The largest absolute Gasteiger partial charge is 0.465 e. The standard InChI is InChI=1S/C11H13N5O2/c1-2-18-10(17)11(3-4-11)9-15-6-7(12)13-5-14-8(6)16-9/h5H,2-4H2,1H3,(H3,12,13,14,15,16). The molecule has 3 rings (SSSR count). The van der Waals surface area contributed by atoms with Gasteiger partial charge in [-0.2, -0.15) is 0 Å². The van der Waals surface area contributed by atoms with Crippen molar-refractivity contribution in [3.8, 4) is 0 Å². The van der Waals surface area contributed by atoms with Crippen molar-refractivity contribution >= 4 is 23.0 Å². The summed E-state index contributed by atoms with van der Waals surface area (Å²) < 4.78 is 5.08. The van der Waals surface area contributed by atoms with E-state index in [0.29, 0.717) is 29.4 Å². The molecule has 0 bridgehead atoms. The van der Waals surface area contributed by atoms with Gasteiger partial charge in [-0.3, -0.25) is 4.79 Å². The lowest BCUT2D eigenvalue weighted by Gasteiger charge is -2.10. The first-order valence-corrected chi connectivity index (χ1v) is 5.81. The zero-order valence-electron chi connectivity index (χ0n) is 9.93. The molecule has 0 spiro atoms. The summed E-state index contributed by atoms with van der Waals surface area (Å²) in [4.78, 5) is 27.2. The van der Waals surface area contributed by atoms with Crippen molar-refractivity contribution in [1.82, 2.24) is 19.9 Å². The zero-order valence-corrected chi connectivity index (χ0v) is 9.93. The number of fused-ring (bicyclic) bond motifs is 1. The van der Waals surface area contributed by atoms with Gasteiger partial charge >= 0.3 is 5.97 Å². The monoisotopic (exact) mass is 247 g/mol. The second kappa shape index (κ2) is 3.66. The highest BCUT2D eigenvalue weighted by molar-refractivity contribution is 5.88. The Morgan fingerprint density at radius 2 is 2.33 bits per heavy atom. The summed E-state index contributed by atoms with van der Waals surface area (Å²) in [6.07, 6.45) is 2.82. The smallest absolute Gasteiger partial charge is 0.319 e. The van der Waals surface area contributed by atoms with Gasteiger partial charge in [0, 0.05) is 0 Å². The van der Waals surface area contributed by atoms with Crippen LogP contribution in [0.1, 0.15) is 25.6 Å². The molecule has 1 aliphatic rings. The number of carbonyl (C=O) groups excluding carboxylic acids is 1. The number of carbonyl (C=O) groups is 1. The fourth-order valence-corrected chi connectivity index (χ4v) is 2.00. The first-order chi connectivity index (χ1) is 8.67. The normalized spacial score (nSPS) is 16.7. The van der Waals surface area contributed by atoms with Crippen molar-refractivity contribution < 1.29 is 9.53 Å². The number of nitrogens with two attached hydrogens (primary N) is 1. The van der Waals surface area contributed by atoms with Crippen LogP contribution in [0.2, 0.25) is 0 Å². The number of hydrogen-bond donors (Lipinski definition) is 2. The summed E-state index contributed by atoms with van der Waals surface area (Å²) in [6.45, 7) is 2.15. The molecule has 7 nitrogen and oxygen atoms in total. The Balaban J connectivity index is 2.05. The first kappa shape index (κ1) is 10.9. The van der Waals surface area contributed by atoms with Gasteiger partial charge in [-0.15, -0.1) is 0 Å². The molecular weight excluding hydrogens is 234 g/mol. The first-order valence-electron chi connectivity index (χ1n) is 5.81. The van der Waals surface area contributed by atoms with Crippen molar-refractivity contribution in [2.24, 2.45) is 0 Å². The number of anilines is 1. The molecule has 3 N–H and O–H groups in total. The highest BCUT2D eigenvalue weighted by Crippen LogP contribution is 2.48. The maximum Gasteiger partial charge on any atom is 0.319 e. The van der Waals surface area contributed by atoms with Crippen molar-refractivity contribution in [3.63, 3.8) is 0 Å². The maximum atomic E-state index is 11.9. The average Bonchev–Trinajstić information content (AvgIpc) is 3.04. The molecule has 1 fully saturated rings. The number of ether oxygens (including phenoxy) is 1. The molecule has 0 saturated heterocycles. The van der Waals surface area contributed by atoms with Gasteiger partial charge in [0.1, 0.15) is 23.1 Å². The number of H-pyrrole nitrogens is 1. The number of aromatic nitrogens is 4. The van der Waals surface area contributed by atoms with Crippen molar-refractivity contribution in [2.45, 2.75) is 25.2 Å². The number of aromatic amines is 1. The summed E-state index contributed by atoms with van der Waals surface area (Å²) in [5.74, 6) is 0.664. The summed E-state index contributed by atoms with van der Waals surface area (Å²) in [7, 11) is 0. The molecule has 7 heteroatoms. The van der Waals surface area contributed by atoms with Crippen LogP contribution in [0.5, 0.6) is 0 Å². The number of nitrogens with one attached hydrogen (secondary N) is 1. The fourth-order valence-electron chi connectivity index (χ4n) is 2.00. The maximum absolute atomic E-state index is 11.9. The third-order valence-corrected chi connectivity index (χ3v) is 3.19. The van der Waals surface area contributed by atoms with E-state index >= 15 is 0 Å². The Kier molecular flexibility index (Phi) is 2.22. The van der Waals surface area contributed by atoms with Crippen LogP contribution in [0.3, 0.4) is 0 Å². The quantitative estimate of drug-likeness (QED) is 0.766. The SMILES string of the molecule is CCOC(=O)C1(c2nc3ncnc(N)c3[nH]2)CC1. The summed E-state index contributed by atoms with van der Waals surface area (Å²) >= 11 is 0. The van der Waals surface area contributed by atoms with E-state index in [2.05, 4.69) is 19.9 Å².